The predicted octanol–water partition coefficient (Wildman–Crippen LogP) is 2.70. The average molecular weight is 236 g/mol. The monoisotopic (exact) mass is 236 g/mol. The van der Waals surface area contributed by atoms with Crippen LogP contribution < -0.4 is 10.4 Å². The van der Waals surface area contributed by atoms with E-state index in [1.54, 1.807) is 0 Å². The summed E-state index contributed by atoms with van der Waals surface area (Å²) in [5.41, 5.74) is 4.18. The Morgan fingerprint density at radius 2 is 1.00 bits per heavy atom. The van der Waals surface area contributed by atoms with Crippen molar-refractivity contribution in [2.45, 2.75) is 0 Å². The van der Waals surface area contributed by atoms with Gasteiger partial charge in [-0.05, 0) is 10.4 Å². The highest BCUT2D eigenvalue weighted by molar-refractivity contribution is 7.09. The molecule has 84 valence electrons. The minimum atomic E-state index is -1.97. The van der Waals surface area contributed by atoms with E-state index in [-0.39, 0.29) is 0 Å². The third-order valence-corrected chi connectivity index (χ3v) is 7.01. The maximum atomic E-state index is 4.05. The molecular formula is C16H16Si. The van der Waals surface area contributed by atoms with Crippen molar-refractivity contribution >= 4 is 18.4 Å². The molecule has 2 rings (SSSR count). The van der Waals surface area contributed by atoms with Gasteiger partial charge in [-0.15, -0.1) is 13.2 Å². The fourth-order valence-corrected chi connectivity index (χ4v) is 5.08. The van der Waals surface area contributed by atoms with E-state index < -0.39 is 8.07 Å². The quantitative estimate of drug-likeness (QED) is 0.716. The van der Waals surface area contributed by atoms with Crippen LogP contribution in [0.2, 0.25) is 0 Å². The smallest absolute Gasteiger partial charge is 0.106 e. The molecule has 2 aromatic rings. The predicted molar refractivity (Wildman–Crippen MR) is 78.3 cm³/mol. The summed E-state index contributed by atoms with van der Waals surface area (Å²) in [6.45, 7) is 8.09. The Morgan fingerprint density at radius 3 is 1.29 bits per heavy atom. The molecule has 0 atom stereocenters. The molecule has 0 nitrogen and oxygen atoms in total. The van der Waals surface area contributed by atoms with E-state index in [4.69, 9.17) is 0 Å². The molecule has 0 saturated carbocycles. The molecule has 0 bridgehead atoms. The topological polar surface area (TPSA) is 0 Å². The zero-order chi connectivity index (χ0) is 12.1. The maximum absolute atomic E-state index is 4.05. The summed E-state index contributed by atoms with van der Waals surface area (Å²) >= 11 is 0. The van der Waals surface area contributed by atoms with Gasteiger partial charge in [0.25, 0.3) is 0 Å². The lowest BCUT2D eigenvalue weighted by Gasteiger charge is -2.25. The Bertz CT molecular complexity index is 450. The summed E-state index contributed by atoms with van der Waals surface area (Å²) in [7, 11) is -1.97. The van der Waals surface area contributed by atoms with E-state index in [0.29, 0.717) is 0 Å². The first-order valence-electron chi connectivity index (χ1n) is 5.72. The van der Waals surface area contributed by atoms with E-state index in [1.165, 1.54) is 10.4 Å². The second-order valence-corrected chi connectivity index (χ2v) is 7.72. The molecule has 0 N–H and O–H groups in total. The molecule has 0 aliphatic rings. The Morgan fingerprint density at radius 1 is 0.647 bits per heavy atom. The van der Waals surface area contributed by atoms with E-state index in [1.807, 2.05) is 12.1 Å². The number of benzene rings is 2. The summed E-state index contributed by atoms with van der Waals surface area (Å²) in [6.07, 6.45) is 0. The Balaban J connectivity index is 2.62. The van der Waals surface area contributed by atoms with Gasteiger partial charge in [-0.1, -0.05) is 72.1 Å². The van der Waals surface area contributed by atoms with Crippen molar-refractivity contribution in [3.63, 3.8) is 0 Å². The molecular weight excluding hydrogens is 220 g/mol. The number of hydrogen-bond donors (Lipinski definition) is 0. The van der Waals surface area contributed by atoms with Gasteiger partial charge < -0.3 is 0 Å². The summed E-state index contributed by atoms with van der Waals surface area (Å²) < 4.78 is 0. The van der Waals surface area contributed by atoms with E-state index in [2.05, 4.69) is 73.1 Å². The van der Waals surface area contributed by atoms with E-state index in [9.17, 15) is 0 Å². The molecule has 17 heavy (non-hydrogen) atoms. The number of hydrogen-bond acceptors (Lipinski definition) is 0. The zero-order valence-electron chi connectivity index (χ0n) is 9.84. The first-order chi connectivity index (χ1) is 8.33. The highest BCUT2D eigenvalue weighted by Crippen LogP contribution is 2.07. The SMILES string of the molecule is C=C[Si](C=C)(c1ccccc1)c1ccccc1. The molecule has 0 aliphatic heterocycles. The van der Waals surface area contributed by atoms with Gasteiger partial charge in [0.1, 0.15) is 0 Å². The molecule has 0 heterocycles. The van der Waals surface area contributed by atoms with Crippen LogP contribution in [0.4, 0.5) is 0 Å². The molecule has 0 saturated heterocycles. The van der Waals surface area contributed by atoms with Gasteiger partial charge in [-0.2, -0.15) is 0 Å². The molecule has 1 heteroatoms. The lowest BCUT2D eigenvalue weighted by Crippen LogP contribution is -2.55. The van der Waals surface area contributed by atoms with Gasteiger partial charge in [0.05, 0.1) is 0 Å². The molecule has 0 unspecified atom stereocenters. The normalized spacial score (nSPS) is 10.8. The first-order valence-corrected chi connectivity index (χ1v) is 7.87. The molecule has 0 fully saturated rings. The van der Waals surface area contributed by atoms with Gasteiger partial charge in [0, 0.05) is 0 Å². The standard InChI is InChI=1S/C16H16Si/c1-3-17(4-2,15-11-7-5-8-12-15)16-13-9-6-10-14-16/h3-14H,1-2H2. The summed E-state index contributed by atoms with van der Waals surface area (Å²) in [5, 5.41) is 2.66. The van der Waals surface area contributed by atoms with Crippen molar-refractivity contribution in [3.05, 3.63) is 85.2 Å². The van der Waals surface area contributed by atoms with E-state index >= 15 is 0 Å². The van der Waals surface area contributed by atoms with Crippen LogP contribution in [0.3, 0.4) is 0 Å². The molecule has 0 amide bonds. The van der Waals surface area contributed by atoms with Crippen molar-refractivity contribution in [1.29, 1.82) is 0 Å². The van der Waals surface area contributed by atoms with Crippen LogP contribution in [0, 0.1) is 0 Å². The van der Waals surface area contributed by atoms with Crippen LogP contribution in [0.1, 0.15) is 0 Å². The van der Waals surface area contributed by atoms with E-state index in [0.717, 1.165) is 0 Å². The minimum Gasteiger partial charge on any atom is -0.106 e. The summed E-state index contributed by atoms with van der Waals surface area (Å²) in [6, 6.07) is 21.1. The Hall–Kier alpha value is -1.86. The van der Waals surface area contributed by atoms with Gasteiger partial charge in [0.15, 0.2) is 8.07 Å². The number of rotatable bonds is 4. The Labute approximate surface area is 104 Å². The van der Waals surface area contributed by atoms with Crippen LogP contribution in [0.15, 0.2) is 85.2 Å². The molecule has 0 spiro atoms. The molecule has 2 aromatic carbocycles. The highest BCUT2D eigenvalue weighted by Gasteiger charge is 2.30. The maximum Gasteiger partial charge on any atom is 0.163 e. The van der Waals surface area contributed by atoms with Crippen molar-refractivity contribution in [3.8, 4) is 0 Å². The van der Waals surface area contributed by atoms with Crippen LogP contribution in [-0.2, 0) is 0 Å². The highest BCUT2D eigenvalue weighted by atomic mass is 28.3. The van der Waals surface area contributed by atoms with Crippen molar-refractivity contribution < 1.29 is 0 Å². The summed E-state index contributed by atoms with van der Waals surface area (Å²) in [4.78, 5) is 0. The third kappa shape index (κ3) is 2.02. The lowest BCUT2D eigenvalue weighted by molar-refractivity contribution is 1.71. The van der Waals surface area contributed by atoms with Crippen molar-refractivity contribution in [2.75, 3.05) is 0 Å². The fraction of sp³-hybridized carbons (Fsp3) is 0. The second-order valence-electron chi connectivity index (χ2n) is 4.01. The van der Waals surface area contributed by atoms with Crippen LogP contribution in [-0.4, -0.2) is 8.07 Å². The molecule has 0 aliphatic carbocycles. The Kier molecular flexibility index (Phi) is 3.40. The van der Waals surface area contributed by atoms with Gasteiger partial charge in [0.2, 0.25) is 0 Å². The van der Waals surface area contributed by atoms with Crippen molar-refractivity contribution in [1.82, 2.24) is 0 Å². The second kappa shape index (κ2) is 4.98. The zero-order valence-corrected chi connectivity index (χ0v) is 10.8. The van der Waals surface area contributed by atoms with Gasteiger partial charge in [-0.25, -0.2) is 0 Å². The largest absolute Gasteiger partial charge is 0.163 e. The van der Waals surface area contributed by atoms with Gasteiger partial charge >= 0.3 is 0 Å². The lowest BCUT2D eigenvalue weighted by atomic mass is 10.4. The fourth-order valence-electron chi connectivity index (χ4n) is 2.15. The molecule has 0 radical (unpaired) electrons. The third-order valence-electron chi connectivity index (χ3n) is 3.15. The van der Waals surface area contributed by atoms with Crippen molar-refractivity contribution in [2.24, 2.45) is 0 Å². The first kappa shape index (κ1) is 11.6. The van der Waals surface area contributed by atoms with Gasteiger partial charge in [-0.3, -0.25) is 0 Å². The molecule has 0 aromatic heterocycles. The average Bonchev–Trinajstić information content (AvgIpc) is 2.43. The minimum absolute atomic E-state index is 1.33. The van der Waals surface area contributed by atoms with Crippen LogP contribution in [0.25, 0.3) is 0 Å². The van der Waals surface area contributed by atoms with Crippen LogP contribution in [0.5, 0.6) is 0 Å². The summed E-state index contributed by atoms with van der Waals surface area (Å²) in [5.74, 6) is 0. The van der Waals surface area contributed by atoms with Crippen LogP contribution >= 0.6 is 0 Å².